The molecular weight excluding hydrogens is 248 g/mol. The standard InChI is InChI=1S/C13H18N2O4/c1-3-9-4-6-10(7-5-9)15-12(18)14-8-13(2,19)11(16)17/h4-7,19H,3,8H2,1-2H3,(H,16,17)(H2,14,15,18). The highest BCUT2D eigenvalue weighted by Crippen LogP contribution is 2.09. The summed E-state index contributed by atoms with van der Waals surface area (Å²) in [5, 5.41) is 23.0. The lowest BCUT2D eigenvalue weighted by Gasteiger charge is -2.18. The number of benzene rings is 1. The Labute approximate surface area is 111 Å². The van der Waals surface area contributed by atoms with Crippen molar-refractivity contribution < 1.29 is 19.8 Å². The van der Waals surface area contributed by atoms with Crippen LogP contribution in [0.1, 0.15) is 19.4 Å². The molecule has 0 radical (unpaired) electrons. The highest BCUT2D eigenvalue weighted by Gasteiger charge is 2.30. The van der Waals surface area contributed by atoms with Crippen molar-refractivity contribution in [3.63, 3.8) is 0 Å². The molecule has 0 aliphatic carbocycles. The SMILES string of the molecule is CCc1ccc(NC(=O)NCC(C)(O)C(=O)O)cc1. The molecule has 0 fully saturated rings. The molecule has 4 N–H and O–H groups in total. The van der Waals surface area contributed by atoms with Crippen molar-refractivity contribution in [3.8, 4) is 0 Å². The van der Waals surface area contributed by atoms with E-state index in [1.807, 2.05) is 19.1 Å². The Morgan fingerprint density at radius 1 is 1.26 bits per heavy atom. The summed E-state index contributed by atoms with van der Waals surface area (Å²) < 4.78 is 0. The van der Waals surface area contributed by atoms with E-state index < -0.39 is 17.6 Å². The van der Waals surface area contributed by atoms with Gasteiger partial charge >= 0.3 is 12.0 Å². The minimum atomic E-state index is -1.98. The average Bonchev–Trinajstić information content (AvgIpc) is 2.37. The molecule has 0 aliphatic rings. The number of anilines is 1. The minimum Gasteiger partial charge on any atom is -0.479 e. The van der Waals surface area contributed by atoms with E-state index in [1.54, 1.807) is 12.1 Å². The maximum Gasteiger partial charge on any atom is 0.337 e. The van der Waals surface area contributed by atoms with E-state index >= 15 is 0 Å². The molecule has 6 nitrogen and oxygen atoms in total. The van der Waals surface area contributed by atoms with Crippen LogP contribution in [0.4, 0.5) is 10.5 Å². The van der Waals surface area contributed by atoms with Gasteiger partial charge in [-0.1, -0.05) is 19.1 Å². The number of carboxylic acid groups (broad SMARTS) is 1. The molecule has 1 rings (SSSR count). The van der Waals surface area contributed by atoms with E-state index in [1.165, 1.54) is 0 Å². The molecule has 1 aromatic rings. The van der Waals surface area contributed by atoms with Gasteiger partial charge in [0.05, 0.1) is 6.54 Å². The molecule has 0 heterocycles. The van der Waals surface area contributed by atoms with Crippen LogP contribution < -0.4 is 10.6 Å². The molecule has 104 valence electrons. The normalized spacial score (nSPS) is 13.4. The van der Waals surface area contributed by atoms with Crippen LogP contribution >= 0.6 is 0 Å². The lowest BCUT2D eigenvalue weighted by atomic mass is 10.1. The fourth-order valence-corrected chi connectivity index (χ4v) is 1.33. The number of carbonyl (C=O) groups excluding carboxylic acids is 1. The van der Waals surface area contributed by atoms with E-state index in [2.05, 4.69) is 10.6 Å². The summed E-state index contributed by atoms with van der Waals surface area (Å²) in [6.45, 7) is 2.77. The second kappa shape index (κ2) is 6.19. The van der Waals surface area contributed by atoms with Crippen molar-refractivity contribution in [2.24, 2.45) is 0 Å². The van der Waals surface area contributed by atoms with Crippen LogP contribution in [-0.2, 0) is 11.2 Å². The molecule has 1 atom stereocenters. The first-order chi connectivity index (χ1) is 8.85. The van der Waals surface area contributed by atoms with Gasteiger partial charge in [0.15, 0.2) is 5.60 Å². The predicted octanol–water partition coefficient (Wildman–Crippen LogP) is 1.21. The van der Waals surface area contributed by atoms with Gasteiger partial charge in [-0.25, -0.2) is 9.59 Å². The second-order valence-electron chi connectivity index (χ2n) is 4.44. The van der Waals surface area contributed by atoms with E-state index in [-0.39, 0.29) is 6.54 Å². The smallest absolute Gasteiger partial charge is 0.337 e. The van der Waals surface area contributed by atoms with Gasteiger partial charge in [-0.3, -0.25) is 0 Å². The summed E-state index contributed by atoms with van der Waals surface area (Å²) in [5.74, 6) is -1.39. The number of aliphatic hydroxyl groups is 1. The Kier molecular flexibility index (Phi) is 4.88. The number of carboxylic acids is 1. The van der Waals surface area contributed by atoms with E-state index in [9.17, 15) is 14.7 Å². The molecule has 0 aromatic heterocycles. The zero-order valence-corrected chi connectivity index (χ0v) is 10.9. The van der Waals surface area contributed by atoms with Crippen LogP contribution in [0.5, 0.6) is 0 Å². The first-order valence-electron chi connectivity index (χ1n) is 5.94. The van der Waals surface area contributed by atoms with Crippen LogP contribution in [0.2, 0.25) is 0 Å². The first kappa shape index (κ1) is 15.0. The van der Waals surface area contributed by atoms with Gasteiger partial charge in [-0.2, -0.15) is 0 Å². The average molecular weight is 266 g/mol. The van der Waals surface area contributed by atoms with Gasteiger partial charge in [0.25, 0.3) is 0 Å². The fourth-order valence-electron chi connectivity index (χ4n) is 1.33. The van der Waals surface area contributed by atoms with E-state index in [0.29, 0.717) is 5.69 Å². The fraction of sp³-hybridized carbons (Fsp3) is 0.385. The predicted molar refractivity (Wildman–Crippen MR) is 71.1 cm³/mol. The molecule has 0 saturated heterocycles. The number of amides is 2. The number of hydrogen-bond donors (Lipinski definition) is 4. The third kappa shape index (κ3) is 4.59. The van der Waals surface area contributed by atoms with Crippen molar-refractivity contribution >= 4 is 17.7 Å². The molecule has 0 aliphatic heterocycles. The lowest BCUT2D eigenvalue weighted by Crippen LogP contribution is -2.47. The Bertz CT molecular complexity index is 454. The molecule has 0 bridgehead atoms. The van der Waals surface area contributed by atoms with Crippen LogP contribution in [0.15, 0.2) is 24.3 Å². The molecule has 6 heteroatoms. The number of carbonyl (C=O) groups is 2. The van der Waals surface area contributed by atoms with Crippen molar-refractivity contribution in [1.82, 2.24) is 5.32 Å². The van der Waals surface area contributed by atoms with Gasteiger partial charge in [-0.15, -0.1) is 0 Å². The third-order valence-corrected chi connectivity index (χ3v) is 2.67. The second-order valence-corrected chi connectivity index (χ2v) is 4.44. The topological polar surface area (TPSA) is 98.7 Å². The number of aliphatic carboxylic acids is 1. The molecule has 0 spiro atoms. The highest BCUT2D eigenvalue weighted by atomic mass is 16.4. The zero-order valence-electron chi connectivity index (χ0n) is 10.9. The van der Waals surface area contributed by atoms with Crippen molar-refractivity contribution in [2.75, 3.05) is 11.9 Å². The molecule has 1 unspecified atom stereocenters. The quantitative estimate of drug-likeness (QED) is 0.643. The van der Waals surface area contributed by atoms with Gasteiger partial charge < -0.3 is 20.8 Å². The number of urea groups is 1. The summed E-state index contributed by atoms with van der Waals surface area (Å²) >= 11 is 0. The first-order valence-corrected chi connectivity index (χ1v) is 5.94. The maximum absolute atomic E-state index is 11.5. The summed E-state index contributed by atoms with van der Waals surface area (Å²) in [7, 11) is 0. The summed E-state index contributed by atoms with van der Waals surface area (Å²) in [5.41, 5.74) is -0.229. The van der Waals surface area contributed by atoms with Gasteiger partial charge in [0.2, 0.25) is 0 Å². The molecule has 19 heavy (non-hydrogen) atoms. The van der Waals surface area contributed by atoms with Gasteiger partial charge in [0, 0.05) is 5.69 Å². The van der Waals surface area contributed by atoms with Crippen LogP contribution in [0, 0.1) is 0 Å². The number of aryl methyl sites for hydroxylation is 1. The highest BCUT2D eigenvalue weighted by molar-refractivity contribution is 5.89. The molecular formula is C13H18N2O4. The van der Waals surface area contributed by atoms with Crippen molar-refractivity contribution in [3.05, 3.63) is 29.8 Å². The van der Waals surface area contributed by atoms with Gasteiger partial charge in [-0.05, 0) is 31.0 Å². The van der Waals surface area contributed by atoms with E-state index in [0.717, 1.165) is 18.9 Å². The Morgan fingerprint density at radius 2 is 1.84 bits per heavy atom. The third-order valence-electron chi connectivity index (χ3n) is 2.67. The lowest BCUT2D eigenvalue weighted by molar-refractivity contribution is -0.155. The van der Waals surface area contributed by atoms with Crippen molar-refractivity contribution in [1.29, 1.82) is 0 Å². The van der Waals surface area contributed by atoms with Gasteiger partial charge in [0.1, 0.15) is 0 Å². The molecule has 1 aromatic carbocycles. The number of hydrogen-bond acceptors (Lipinski definition) is 3. The monoisotopic (exact) mass is 266 g/mol. The summed E-state index contributed by atoms with van der Waals surface area (Å²) in [4.78, 5) is 22.2. The van der Waals surface area contributed by atoms with Crippen LogP contribution in [0.25, 0.3) is 0 Å². The maximum atomic E-state index is 11.5. The number of rotatable bonds is 5. The largest absolute Gasteiger partial charge is 0.479 e. The molecule has 0 saturated carbocycles. The van der Waals surface area contributed by atoms with E-state index in [4.69, 9.17) is 5.11 Å². The summed E-state index contributed by atoms with van der Waals surface area (Å²) in [6, 6.07) is 6.74. The van der Waals surface area contributed by atoms with Crippen LogP contribution in [0.3, 0.4) is 0 Å². The zero-order chi connectivity index (χ0) is 14.5. The Hall–Kier alpha value is -2.08. The van der Waals surface area contributed by atoms with Crippen molar-refractivity contribution in [2.45, 2.75) is 25.9 Å². The Balaban J connectivity index is 2.49. The Morgan fingerprint density at radius 3 is 2.32 bits per heavy atom. The molecule has 2 amide bonds. The summed E-state index contributed by atoms with van der Waals surface area (Å²) in [6.07, 6.45) is 0.911. The number of nitrogens with one attached hydrogen (secondary N) is 2. The van der Waals surface area contributed by atoms with Crippen LogP contribution in [-0.4, -0.2) is 34.4 Å². The minimum absolute atomic E-state index is 0.374.